The summed E-state index contributed by atoms with van der Waals surface area (Å²) < 4.78 is 11.0. The second-order valence-electron chi connectivity index (χ2n) is 3.84. The third-order valence-electron chi connectivity index (χ3n) is 2.28. The van der Waals surface area contributed by atoms with Gasteiger partial charge in [0.1, 0.15) is 4.99 Å². The van der Waals surface area contributed by atoms with Crippen molar-refractivity contribution in [3.05, 3.63) is 23.0 Å². The number of hydrogen-bond donors (Lipinski definition) is 2. The molecule has 0 aliphatic heterocycles. The van der Waals surface area contributed by atoms with Gasteiger partial charge in [0, 0.05) is 46.4 Å². The minimum absolute atomic E-state index is 0.329. The molecule has 0 aliphatic rings. The van der Waals surface area contributed by atoms with Crippen LogP contribution in [0.1, 0.15) is 17.0 Å². The van der Waals surface area contributed by atoms with Crippen LogP contribution in [0.5, 0.6) is 0 Å². The van der Waals surface area contributed by atoms with Crippen LogP contribution in [-0.2, 0) is 10.8 Å². The monoisotopic (exact) mass is 271 g/mol. The molecule has 0 bridgehead atoms. The van der Waals surface area contributed by atoms with Gasteiger partial charge in [-0.1, -0.05) is 12.2 Å². The largest absolute Gasteiger partial charge is 0.389 e. The lowest BCUT2D eigenvalue weighted by atomic mass is 10.1. The molecule has 0 aliphatic carbocycles. The van der Waals surface area contributed by atoms with Gasteiger partial charge in [-0.3, -0.25) is 9.19 Å². The second kappa shape index (κ2) is 6.07. The zero-order valence-corrected chi connectivity index (χ0v) is 11.9. The van der Waals surface area contributed by atoms with Gasteiger partial charge in [-0.05, 0) is 19.9 Å². The van der Waals surface area contributed by atoms with Crippen molar-refractivity contribution in [1.82, 2.24) is 4.98 Å². The normalized spacial score (nSPS) is 12.2. The van der Waals surface area contributed by atoms with E-state index in [9.17, 15) is 4.21 Å². The fraction of sp³-hybridized carbons (Fsp3) is 0.455. The number of aromatic nitrogens is 1. The fourth-order valence-electron chi connectivity index (χ4n) is 1.61. The Morgan fingerprint density at radius 1 is 1.59 bits per heavy atom. The molecule has 0 saturated heterocycles. The molecule has 1 heterocycles. The highest BCUT2D eigenvalue weighted by atomic mass is 32.2. The van der Waals surface area contributed by atoms with E-state index in [2.05, 4.69) is 10.3 Å². The van der Waals surface area contributed by atoms with E-state index in [1.54, 1.807) is 6.26 Å². The molecule has 0 spiro atoms. The SMILES string of the molecule is Cc1cc(NCCS(C)=O)c(C(N)=S)c(C)n1. The van der Waals surface area contributed by atoms with Crippen LogP contribution in [0, 0.1) is 13.8 Å². The van der Waals surface area contributed by atoms with Crippen molar-refractivity contribution in [2.75, 3.05) is 23.9 Å². The average molecular weight is 271 g/mol. The number of thiocarbonyl (C=S) groups is 1. The summed E-state index contributed by atoms with van der Waals surface area (Å²) >= 11 is 5.02. The lowest BCUT2D eigenvalue weighted by Crippen LogP contribution is -2.18. The average Bonchev–Trinajstić information content (AvgIpc) is 2.14. The summed E-state index contributed by atoms with van der Waals surface area (Å²) in [7, 11) is -0.809. The molecule has 3 N–H and O–H groups in total. The standard InChI is InChI=1S/C11H17N3OS2/c1-7-6-9(13-4-5-17(3)15)10(11(12)16)8(2)14-7/h6H,4-5H2,1-3H3,(H2,12,16)(H,13,14). The first-order valence-electron chi connectivity index (χ1n) is 5.23. The Morgan fingerprint density at radius 2 is 2.24 bits per heavy atom. The quantitative estimate of drug-likeness (QED) is 0.786. The zero-order valence-electron chi connectivity index (χ0n) is 10.2. The number of anilines is 1. The van der Waals surface area contributed by atoms with Crippen LogP contribution in [0.4, 0.5) is 5.69 Å². The van der Waals surface area contributed by atoms with E-state index in [4.69, 9.17) is 18.0 Å². The first-order valence-corrected chi connectivity index (χ1v) is 7.37. The summed E-state index contributed by atoms with van der Waals surface area (Å²) in [6, 6.07) is 1.90. The van der Waals surface area contributed by atoms with Crippen LogP contribution in [-0.4, -0.2) is 32.7 Å². The number of pyridine rings is 1. The lowest BCUT2D eigenvalue weighted by Gasteiger charge is -2.13. The molecule has 1 aromatic heterocycles. The Morgan fingerprint density at radius 3 is 2.76 bits per heavy atom. The van der Waals surface area contributed by atoms with Crippen molar-refractivity contribution in [3.63, 3.8) is 0 Å². The van der Waals surface area contributed by atoms with Gasteiger partial charge in [0.15, 0.2) is 0 Å². The molecule has 6 heteroatoms. The third-order valence-corrected chi connectivity index (χ3v) is 3.26. The highest BCUT2D eigenvalue weighted by molar-refractivity contribution is 7.84. The molecule has 0 saturated carbocycles. The van der Waals surface area contributed by atoms with E-state index in [0.29, 0.717) is 17.3 Å². The third kappa shape index (κ3) is 4.05. The van der Waals surface area contributed by atoms with E-state index in [0.717, 1.165) is 22.6 Å². The Kier molecular flexibility index (Phi) is 5.02. The Bertz CT molecular complexity index is 460. The van der Waals surface area contributed by atoms with Crippen molar-refractivity contribution in [1.29, 1.82) is 0 Å². The van der Waals surface area contributed by atoms with Crippen LogP contribution >= 0.6 is 12.2 Å². The van der Waals surface area contributed by atoms with Gasteiger partial charge in [-0.2, -0.15) is 0 Å². The summed E-state index contributed by atoms with van der Waals surface area (Å²) in [5.74, 6) is 0.594. The van der Waals surface area contributed by atoms with Crippen molar-refractivity contribution in [2.45, 2.75) is 13.8 Å². The maximum atomic E-state index is 11.0. The number of nitrogens with one attached hydrogen (secondary N) is 1. The number of nitrogens with zero attached hydrogens (tertiary/aromatic N) is 1. The van der Waals surface area contributed by atoms with Crippen molar-refractivity contribution < 1.29 is 4.21 Å². The Balaban J connectivity index is 2.96. The van der Waals surface area contributed by atoms with Gasteiger partial charge in [0.2, 0.25) is 0 Å². The zero-order chi connectivity index (χ0) is 13.0. The fourth-order valence-corrected chi connectivity index (χ4v) is 2.26. The molecule has 1 rings (SSSR count). The van der Waals surface area contributed by atoms with E-state index in [-0.39, 0.29) is 0 Å². The number of nitrogens with two attached hydrogens (primary N) is 1. The van der Waals surface area contributed by atoms with E-state index in [1.165, 1.54) is 0 Å². The van der Waals surface area contributed by atoms with Crippen molar-refractivity contribution >= 4 is 33.7 Å². The summed E-state index contributed by atoms with van der Waals surface area (Å²) in [5.41, 5.74) is 9.05. The molecule has 0 aromatic carbocycles. The molecule has 4 nitrogen and oxygen atoms in total. The van der Waals surface area contributed by atoms with Crippen LogP contribution in [0.15, 0.2) is 6.07 Å². The second-order valence-corrected chi connectivity index (χ2v) is 5.83. The molecule has 1 aromatic rings. The summed E-state index contributed by atoms with van der Waals surface area (Å²) in [4.78, 5) is 4.66. The van der Waals surface area contributed by atoms with Gasteiger partial charge >= 0.3 is 0 Å². The van der Waals surface area contributed by atoms with E-state index < -0.39 is 10.8 Å². The number of hydrogen-bond acceptors (Lipinski definition) is 4. The Hall–Kier alpha value is -1.01. The smallest absolute Gasteiger partial charge is 0.107 e. The Labute approximate surface area is 109 Å². The highest BCUT2D eigenvalue weighted by Crippen LogP contribution is 2.19. The molecule has 0 amide bonds. The van der Waals surface area contributed by atoms with Crippen LogP contribution in [0.25, 0.3) is 0 Å². The van der Waals surface area contributed by atoms with Gasteiger partial charge in [0.25, 0.3) is 0 Å². The highest BCUT2D eigenvalue weighted by Gasteiger charge is 2.10. The summed E-state index contributed by atoms with van der Waals surface area (Å²) in [6.07, 6.45) is 1.68. The molecule has 0 fully saturated rings. The molecule has 17 heavy (non-hydrogen) atoms. The number of aryl methyl sites for hydroxylation is 2. The maximum Gasteiger partial charge on any atom is 0.107 e. The van der Waals surface area contributed by atoms with E-state index >= 15 is 0 Å². The molecular weight excluding hydrogens is 254 g/mol. The first-order chi connectivity index (χ1) is 7.91. The topological polar surface area (TPSA) is 68.0 Å². The predicted octanol–water partition coefficient (Wildman–Crippen LogP) is 1.12. The van der Waals surface area contributed by atoms with Gasteiger partial charge in [-0.25, -0.2) is 0 Å². The van der Waals surface area contributed by atoms with Gasteiger partial charge in [0.05, 0.1) is 5.56 Å². The van der Waals surface area contributed by atoms with Gasteiger partial charge < -0.3 is 11.1 Å². The summed E-state index contributed by atoms with van der Waals surface area (Å²) in [6.45, 7) is 4.42. The van der Waals surface area contributed by atoms with Crippen LogP contribution < -0.4 is 11.1 Å². The molecule has 94 valence electrons. The van der Waals surface area contributed by atoms with Crippen LogP contribution in [0.3, 0.4) is 0 Å². The maximum absolute atomic E-state index is 11.0. The predicted molar refractivity (Wildman–Crippen MR) is 77.0 cm³/mol. The molecule has 1 atom stereocenters. The minimum Gasteiger partial charge on any atom is -0.389 e. The minimum atomic E-state index is -0.809. The molecular formula is C11H17N3OS2. The lowest BCUT2D eigenvalue weighted by molar-refractivity contribution is 0.687. The first kappa shape index (κ1) is 14.1. The van der Waals surface area contributed by atoms with E-state index in [1.807, 2.05) is 19.9 Å². The molecule has 1 unspecified atom stereocenters. The van der Waals surface area contributed by atoms with Crippen molar-refractivity contribution in [3.8, 4) is 0 Å². The van der Waals surface area contributed by atoms with Crippen molar-refractivity contribution in [2.24, 2.45) is 5.73 Å². The van der Waals surface area contributed by atoms with Crippen LogP contribution in [0.2, 0.25) is 0 Å². The summed E-state index contributed by atoms with van der Waals surface area (Å²) in [5, 5.41) is 3.21. The van der Waals surface area contributed by atoms with Gasteiger partial charge in [-0.15, -0.1) is 0 Å². The number of rotatable bonds is 5. The molecule has 0 radical (unpaired) electrons.